The minimum Gasteiger partial charge on any atom is -0.481 e. The van der Waals surface area contributed by atoms with E-state index < -0.39 is 37.2 Å². The third-order valence-corrected chi connectivity index (χ3v) is 3.57. The highest BCUT2D eigenvalue weighted by Crippen LogP contribution is 2.19. The molecule has 8 nitrogen and oxygen atoms in total. The molecular weight excluding hydrogens is 228 g/mol. The molecule has 0 bridgehead atoms. The molecule has 0 saturated heterocycles. The zero-order chi connectivity index (χ0) is 10.9. The van der Waals surface area contributed by atoms with Gasteiger partial charge in [0, 0.05) is 0 Å². The van der Waals surface area contributed by atoms with Gasteiger partial charge in [-0.2, -0.15) is 16.8 Å². The van der Waals surface area contributed by atoms with Crippen molar-refractivity contribution in [1.29, 1.82) is 0 Å². The van der Waals surface area contributed by atoms with Crippen LogP contribution in [0.2, 0.25) is 0 Å². The normalized spacial score (nSPS) is 13.2. The average Bonchev–Trinajstić information content (AvgIpc) is 1.77. The third-order valence-electron chi connectivity index (χ3n) is 0.871. The predicted octanol–water partition coefficient (Wildman–Crippen LogP) is -1.27. The van der Waals surface area contributed by atoms with Crippen molar-refractivity contribution >= 4 is 26.2 Å². The number of hydrogen-bond donors (Lipinski definition) is 3. The molecule has 0 aliphatic heterocycles. The Hall–Kier alpha value is -0.710. The molecule has 0 unspecified atom stereocenters. The molecule has 0 fully saturated rings. The summed E-state index contributed by atoms with van der Waals surface area (Å²) in [5.74, 6) is -1.81. The summed E-state index contributed by atoms with van der Waals surface area (Å²) in [6, 6.07) is 0. The van der Waals surface area contributed by atoms with Crippen molar-refractivity contribution in [2.75, 3.05) is 0 Å². The average molecular weight is 233 g/mol. The van der Waals surface area contributed by atoms with Gasteiger partial charge >= 0.3 is 5.97 Å². The number of aliphatic carboxylic acids is 1. The Bertz CT molecular complexity index is 355. The quantitative estimate of drug-likeness (QED) is 0.509. The lowest BCUT2D eigenvalue weighted by Gasteiger charge is -2.05. The van der Waals surface area contributed by atoms with Crippen molar-refractivity contribution in [3.05, 3.63) is 4.58 Å². The molecular formula is C3H5O8S2. The number of rotatable bonds is 4. The second-order valence-electron chi connectivity index (χ2n) is 1.89. The summed E-state index contributed by atoms with van der Waals surface area (Å²) >= 11 is 0. The molecule has 77 valence electrons. The molecule has 0 aromatic carbocycles. The van der Waals surface area contributed by atoms with Gasteiger partial charge in [0.05, 0.1) is 6.42 Å². The van der Waals surface area contributed by atoms with Gasteiger partial charge in [0.1, 0.15) is 0 Å². The van der Waals surface area contributed by atoms with Crippen LogP contribution < -0.4 is 0 Å². The zero-order valence-corrected chi connectivity index (χ0v) is 7.54. The first-order chi connectivity index (χ1) is 5.55. The molecule has 0 aliphatic carbocycles. The summed E-state index contributed by atoms with van der Waals surface area (Å²) in [6.07, 6.45) is -1.50. The summed E-state index contributed by atoms with van der Waals surface area (Å²) in [4.78, 5) is 9.93. The van der Waals surface area contributed by atoms with Crippen molar-refractivity contribution in [2.24, 2.45) is 0 Å². The van der Waals surface area contributed by atoms with Gasteiger partial charge in [-0.3, -0.25) is 13.9 Å². The first kappa shape index (κ1) is 12.3. The summed E-state index contributed by atoms with van der Waals surface area (Å²) in [5, 5.41) is 8.04. The van der Waals surface area contributed by atoms with Crippen LogP contribution in [0, 0.1) is 4.58 Å². The van der Waals surface area contributed by atoms with E-state index in [1.807, 2.05) is 0 Å². The van der Waals surface area contributed by atoms with Gasteiger partial charge in [0.25, 0.3) is 24.8 Å². The van der Waals surface area contributed by atoms with Crippen molar-refractivity contribution in [1.82, 2.24) is 0 Å². The number of hydrogen-bond acceptors (Lipinski definition) is 5. The van der Waals surface area contributed by atoms with Crippen molar-refractivity contribution in [3.63, 3.8) is 0 Å². The molecule has 3 N–H and O–H groups in total. The molecule has 0 saturated carbocycles. The first-order valence-electron chi connectivity index (χ1n) is 2.57. The second kappa shape index (κ2) is 3.57. The fraction of sp³-hybridized carbons (Fsp3) is 0.333. The van der Waals surface area contributed by atoms with Crippen LogP contribution in [0.5, 0.6) is 0 Å². The lowest BCUT2D eigenvalue weighted by molar-refractivity contribution is -0.136. The topological polar surface area (TPSA) is 146 Å². The van der Waals surface area contributed by atoms with Crippen LogP contribution in [-0.4, -0.2) is 37.0 Å². The van der Waals surface area contributed by atoms with Gasteiger partial charge in [-0.25, -0.2) is 0 Å². The van der Waals surface area contributed by atoms with Crippen LogP contribution >= 0.6 is 0 Å². The highest BCUT2D eigenvalue weighted by molar-refractivity contribution is 8.07. The van der Waals surface area contributed by atoms with E-state index in [2.05, 4.69) is 0 Å². The Balaban J connectivity index is 5.15. The lowest BCUT2D eigenvalue weighted by Crippen LogP contribution is -2.24. The summed E-state index contributed by atoms with van der Waals surface area (Å²) in [6.45, 7) is 0. The van der Waals surface area contributed by atoms with Gasteiger partial charge in [0.15, 0.2) is 0 Å². The molecule has 1 radical (unpaired) electrons. The van der Waals surface area contributed by atoms with E-state index in [9.17, 15) is 21.6 Å². The Morgan fingerprint density at radius 2 is 1.31 bits per heavy atom. The Labute approximate surface area is 73.7 Å². The molecule has 0 amide bonds. The van der Waals surface area contributed by atoms with Crippen molar-refractivity contribution < 1.29 is 35.8 Å². The van der Waals surface area contributed by atoms with Gasteiger partial charge < -0.3 is 5.11 Å². The number of carboxylic acids is 1. The van der Waals surface area contributed by atoms with Crippen LogP contribution in [0.25, 0.3) is 0 Å². The standard InChI is InChI=1S/C3H5O8S2/c4-2(5)1-3(12(6,7)8)13(9,10)11/h1H2,(H,4,5)(H,6,7,8)(H,9,10,11). The fourth-order valence-electron chi connectivity index (χ4n) is 0.439. The zero-order valence-electron chi connectivity index (χ0n) is 5.91. The minimum absolute atomic E-state index is 1.50. The Kier molecular flexibility index (Phi) is 3.38. The van der Waals surface area contributed by atoms with Crippen molar-refractivity contribution in [3.8, 4) is 0 Å². The van der Waals surface area contributed by atoms with E-state index in [1.54, 1.807) is 0 Å². The smallest absolute Gasteiger partial charge is 0.306 e. The van der Waals surface area contributed by atoms with E-state index in [-0.39, 0.29) is 0 Å². The maximum absolute atomic E-state index is 10.2. The van der Waals surface area contributed by atoms with Crippen LogP contribution in [0.3, 0.4) is 0 Å². The van der Waals surface area contributed by atoms with Gasteiger partial charge in [0.2, 0.25) is 0 Å². The Morgan fingerprint density at radius 3 is 1.38 bits per heavy atom. The summed E-state index contributed by atoms with van der Waals surface area (Å²) in [5.41, 5.74) is 0. The molecule has 13 heavy (non-hydrogen) atoms. The second-order valence-corrected chi connectivity index (χ2v) is 5.04. The Morgan fingerprint density at radius 1 is 1.00 bits per heavy atom. The molecule has 10 heteroatoms. The van der Waals surface area contributed by atoms with Gasteiger partial charge in [-0.1, -0.05) is 0 Å². The van der Waals surface area contributed by atoms with Crippen LogP contribution in [0.1, 0.15) is 6.42 Å². The van der Waals surface area contributed by atoms with Crippen LogP contribution in [0.4, 0.5) is 0 Å². The van der Waals surface area contributed by atoms with E-state index in [0.29, 0.717) is 0 Å². The van der Waals surface area contributed by atoms with Gasteiger partial charge in [-0.15, -0.1) is 0 Å². The van der Waals surface area contributed by atoms with E-state index in [0.717, 1.165) is 0 Å². The molecule has 0 rings (SSSR count). The maximum atomic E-state index is 10.2. The maximum Gasteiger partial charge on any atom is 0.306 e. The minimum atomic E-state index is -5.22. The largest absolute Gasteiger partial charge is 0.481 e. The molecule has 0 atom stereocenters. The van der Waals surface area contributed by atoms with E-state index >= 15 is 0 Å². The molecule has 0 aliphatic rings. The van der Waals surface area contributed by atoms with Crippen molar-refractivity contribution in [2.45, 2.75) is 6.42 Å². The van der Waals surface area contributed by atoms with Crippen LogP contribution in [0.15, 0.2) is 0 Å². The predicted molar refractivity (Wildman–Crippen MR) is 38.6 cm³/mol. The van der Waals surface area contributed by atoms with E-state index in [4.69, 9.17) is 14.2 Å². The van der Waals surface area contributed by atoms with Gasteiger partial charge in [-0.05, 0) is 0 Å². The number of carbonyl (C=O) groups is 1. The summed E-state index contributed by atoms with van der Waals surface area (Å²) in [7, 11) is -10.4. The molecule has 0 spiro atoms. The third kappa shape index (κ3) is 4.17. The lowest BCUT2D eigenvalue weighted by atomic mass is 10.5. The SMILES string of the molecule is O=C(O)C[C](S(=O)(=O)O)S(=O)(=O)O. The summed E-state index contributed by atoms with van der Waals surface area (Å²) < 4.78 is 55.5. The molecule has 0 aromatic heterocycles. The number of carboxylic acid groups (broad SMARTS) is 1. The fourth-order valence-corrected chi connectivity index (χ4v) is 2.12. The first-order valence-corrected chi connectivity index (χ1v) is 5.46. The molecule has 0 aromatic rings. The highest BCUT2D eigenvalue weighted by atomic mass is 32.3. The highest BCUT2D eigenvalue weighted by Gasteiger charge is 2.39. The monoisotopic (exact) mass is 233 g/mol. The molecule has 0 heterocycles. The van der Waals surface area contributed by atoms with E-state index in [1.165, 1.54) is 0 Å². The van der Waals surface area contributed by atoms with Crippen LogP contribution in [-0.2, 0) is 25.0 Å².